The van der Waals surface area contributed by atoms with Crippen molar-refractivity contribution in [1.29, 1.82) is 0 Å². The third-order valence-electron chi connectivity index (χ3n) is 1.82. The van der Waals surface area contributed by atoms with Crippen molar-refractivity contribution in [3.05, 3.63) is 28.2 Å². The summed E-state index contributed by atoms with van der Waals surface area (Å²) in [6.45, 7) is 0. The van der Waals surface area contributed by atoms with Crippen LogP contribution in [0, 0.1) is 0 Å². The molecule has 0 saturated carbocycles. The zero-order valence-electron chi connectivity index (χ0n) is 8.30. The summed E-state index contributed by atoms with van der Waals surface area (Å²) < 4.78 is 0. The number of amides is 2. The molecule has 1 aromatic carbocycles. The zero-order chi connectivity index (χ0) is 12.1. The number of anilines is 1. The maximum Gasteiger partial charge on any atom is 0.224 e. The van der Waals surface area contributed by atoms with Gasteiger partial charge in [-0.05, 0) is 12.1 Å². The van der Waals surface area contributed by atoms with Gasteiger partial charge in [-0.15, -0.1) is 0 Å². The summed E-state index contributed by atoms with van der Waals surface area (Å²) in [7, 11) is 0. The number of rotatable bonds is 4. The van der Waals surface area contributed by atoms with Gasteiger partial charge in [-0.2, -0.15) is 0 Å². The van der Waals surface area contributed by atoms with Gasteiger partial charge in [-0.1, -0.05) is 29.3 Å². The van der Waals surface area contributed by atoms with Crippen molar-refractivity contribution in [2.45, 2.75) is 12.8 Å². The number of halogens is 2. The van der Waals surface area contributed by atoms with Crippen molar-refractivity contribution in [1.82, 2.24) is 0 Å². The Labute approximate surface area is 103 Å². The molecular formula is C10H10Cl2N2O2. The van der Waals surface area contributed by atoms with Crippen molar-refractivity contribution in [2.75, 3.05) is 5.32 Å². The minimum absolute atomic E-state index is 0.00399. The average Bonchev–Trinajstić information content (AvgIpc) is 2.22. The minimum atomic E-state index is -0.521. The Hall–Kier alpha value is -1.26. The standard InChI is InChI=1S/C10H10Cl2N2O2/c11-6-2-1-3-7(10(6)12)14-9(16)5-4-8(13)15/h1-3H,4-5H2,(H2,13,15)(H,14,16). The summed E-state index contributed by atoms with van der Waals surface area (Å²) in [5.41, 5.74) is 5.34. The van der Waals surface area contributed by atoms with Crippen LogP contribution in [0.25, 0.3) is 0 Å². The molecule has 0 heterocycles. The lowest BCUT2D eigenvalue weighted by molar-refractivity contribution is -0.122. The van der Waals surface area contributed by atoms with Crippen LogP contribution in [0.5, 0.6) is 0 Å². The third-order valence-corrected chi connectivity index (χ3v) is 2.64. The van der Waals surface area contributed by atoms with E-state index in [2.05, 4.69) is 5.32 Å². The molecule has 0 aliphatic rings. The van der Waals surface area contributed by atoms with Gasteiger partial charge in [0.15, 0.2) is 0 Å². The summed E-state index contributed by atoms with van der Waals surface area (Å²) in [4.78, 5) is 21.8. The smallest absolute Gasteiger partial charge is 0.224 e. The molecule has 0 fully saturated rings. The Kier molecular flexibility index (Phi) is 4.58. The molecule has 0 saturated heterocycles. The molecule has 0 aliphatic carbocycles. The van der Waals surface area contributed by atoms with E-state index in [1.165, 1.54) is 0 Å². The molecule has 0 bridgehead atoms. The van der Waals surface area contributed by atoms with E-state index in [0.29, 0.717) is 10.7 Å². The topological polar surface area (TPSA) is 72.2 Å². The molecule has 2 amide bonds. The van der Waals surface area contributed by atoms with Gasteiger partial charge in [0.25, 0.3) is 0 Å². The first-order valence-electron chi connectivity index (χ1n) is 4.53. The Morgan fingerprint density at radius 1 is 1.25 bits per heavy atom. The van der Waals surface area contributed by atoms with Gasteiger partial charge >= 0.3 is 0 Å². The highest BCUT2D eigenvalue weighted by Crippen LogP contribution is 2.29. The molecule has 16 heavy (non-hydrogen) atoms. The average molecular weight is 261 g/mol. The van der Waals surface area contributed by atoms with E-state index in [0.717, 1.165) is 0 Å². The Bertz CT molecular complexity index is 421. The van der Waals surface area contributed by atoms with E-state index >= 15 is 0 Å². The van der Waals surface area contributed by atoms with E-state index in [1.807, 2.05) is 0 Å². The van der Waals surface area contributed by atoms with E-state index < -0.39 is 5.91 Å². The summed E-state index contributed by atoms with van der Waals surface area (Å²) in [5.74, 6) is -0.852. The summed E-state index contributed by atoms with van der Waals surface area (Å²) in [5, 5.41) is 3.17. The third kappa shape index (κ3) is 3.72. The van der Waals surface area contributed by atoms with E-state index in [4.69, 9.17) is 28.9 Å². The molecule has 3 N–H and O–H groups in total. The molecule has 6 heteroatoms. The number of carbonyl (C=O) groups excluding carboxylic acids is 2. The van der Waals surface area contributed by atoms with E-state index in [1.54, 1.807) is 18.2 Å². The van der Waals surface area contributed by atoms with Crippen molar-refractivity contribution in [3.63, 3.8) is 0 Å². The summed E-state index contributed by atoms with van der Waals surface area (Å²) in [6, 6.07) is 4.90. The first-order chi connectivity index (χ1) is 7.50. The molecule has 1 aromatic rings. The first-order valence-corrected chi connectivity index (χ1v) is 5.28. The summed E-state index contributed by atoms with van der Waals surface area (Å²) >= 11 is 11.6. The van der Waals surface area contributed by atoms with Crippen LogP contribution in [-0.2, 0) is 9.59 Å². The Morgan fingerprint density at radius 3 is 2.56 bits per heavy atom. The number of nitrogens with one attached hydrogen (secondary N) is 1. The highest BCUT2D eigenvalue weighted by Gasteiger charge is 2.08. The molecule has 0 radical (unpaired) electrons. The van der Waals surface area contributed by atoms with Gasteiger partial charge in [0.05, 0.1) is 15.7 Å². The molecule has 0 atom stereocenters. The van der Waals surface area contributed by atoms with Crippen LogP contribution >= 0.6 is 23.2 Å². The van der Waals surface area contributed by atoms with Crippen LogP contribution in [0.4, 0.5) is 5.69 Å². The van der Waals surface area contributed by atoms with Gasteiger partial charge in [0.2, 0.25) is 11.8 Å². The van der Waals surface area contributed by atoms with Gasteiger partial charge < -0.3 is 11.1 Å². The monoisotopic (exact) mass is 260 g/mol. The molecule has 0 unspecified atom stereocenters. The second-order valence-electron chi connectivity index (χ2n) is 3.12. The van der Waals surface area contributed by atoms with Crippen LogP contribution < -0.4 is 11.1 Å². The molecule has 0 aromatic heterocycles. The van der Waals surface area contributed by atoms with E-state index in [-0.39, 0.29) is 23.8 Å². The lowest BCUT2D eigenvalue weighted by atomic mass is 10.2. The fourth-order valence-electron chi connectivity index (χ4n) is 1.05. The molecule has 86 valence electrons. The van der Waals surface area contributed by atoms with Crippen LogP contribution in [-0.4, -0.2) is 11.8 Å². The lowest BCUT2D eigenvalue weighted by Crippen LogP contribution is -2.17. The Balaban J connectivity index is 2.63. The molecular weight excluding hydrogens is 251 g/mol. The zero-order valence-corrected chi connectivity index (χ0v) is 9.81. The fourth-order valence-corrected chi connectivity index (χ4v) is 1.40. The van der Waals surface area contributed by atoms with E-state index in [9.17, 15) is 9.59 Å². The van der Waals surface area contributed by atoms with Crippen LogP contribution in [0.3, 0.4) is 0 Å². The second-order valence-corrected chi connectivity index (χ2v) is 3.90. The number of carbonyl (C=O) groups is 2. The number of benzene rings is 1. The van der Waals surface area contributed by atoms with Crippen molar-refractivity contribution < 1.29 is 9.59 Å². The number of nitrogens with two attached hydrogens (primary N) is 1. The van der Waals surface area contributed by atoms with Crippen molar-refractivity contribution in [2.24, 2.45) is 5.73 Å². The predicted octanol–water partition coefficient (Wildman–Crippen LogP) is 2.20. The largest absolute Gasteiger partial charge is 0.370 e. The van der Waals surface area contributed by atoms with Crippen molar-refractivity contribution >= 4 is 40.7 Å². The normalized spacial score (nSPS) is 9.88. The van der Waals surface area contributed by atoms with Gasteiger partial charge in [-0.25, -0.2) is 0 Å². The summed E-state index contributed by atoms with van der Waals surface area (Å²) in [6.07, 6.45) is 0.0300. The molecule has 1 rings (SSSR count). The quantitative estimate of drug-likeness (QED) is 0.871. The second kappa shape index (κ2) is 5.72. The predicted molar refractivity (Wildman–Crippen MR) is 63.5 cm³/mol. The number of primary amides is 1. The van der Waals surface area contributed by atoms with Crippen LogP contribution in [0.15, 0.2) is 18.2 Å². The molecule has 0 aliphatic heterocycles. The SMILES string of the molecule is NC(=O)CCC(=O)Nc1cccc(Cl)c1Cl. The van der Waals surface area contributed by atoms with Gasteiger partial charge in [0, 0.05) is 12.8 Å². The van der Waals surface area contributed by atoms with Gasteiger partial charge in [0.1, 0.15) is 0 Å². The first kappa shape index (κ1) is 12.8. The fraction of sp³-hybridized carbons (Fsp3) is 0.200. The maximum atomic E-state index is 11.4. The lowest BCUT2D eigenvalue weighted by Gasteiger charge is -2.07. The van der Waals surface area contributed by atoms with Gasteiger partial charge in [-0.3, -0.25) is 9.59 Å². The van der Waals surface area contributed by atoms with Crippen LogP contribution in [0.1, 0.15) is 12.8 Å². The highest BCUT2D eigenvalue weighted by atomic mass is 35.5. The number of hydrogen-bond acceptors (Lipinski definition) is 2. The molecule has 0 spiro atoms. The Morgan fingerprint density at radius 2 is 1.94 bits per heavy atom. The maximum absolute atomic E-state index is 11.4. The minimum Gasteiger partial charge on any atom is -0.370 e. The highest BCUT2D eigenvalue weighted by molar-refractivity contribution is 6.43. The van der Waals surface area contributed by atoms with Crippen LogP contribution in [0.2, 0.25) is 10.0 Å². The van der Waals surface area contributed by atoms with Crippen molar-refractivity contribution in [3.8, 4) is 0 Å². The molecule has 4 nitrogen and oxygen atoms in total. The number of hydrogen-bond donors (Lipinski definition) is 2.